The number of ether oxygens (including phenoxy) is 2. The van der Waals surface area contributed by atoms with E-state index in [-0.39, 0.29) is 47.4 Å². The van der Waals surface area contributed by atoms with Crippen LogP contribution in [-0.4, -0.2) is 69.9 Å². The minimum Gasteiger partial charge on any atom is -0.449 e. The van der Waals surface area contributed by atoms with Gasteiger partial charge in [0.25, 0.3) is 0 Å². The lowest BCUT2D eigenvalue weighted by atomic mass is 9.87. The number of rotatable bonds is 5. The normalized spacial score (nSPS) is 29.2. The van der Waals surface area contributed by atoms with E-state index in [1.54, 1.807) is 23.9 Å². The molecule has 2 rings (SSSR count). The predicted octanol–water partition coefficient (Wildman–Crippen LogP) is 3.89. The fourth-order valence-corrected chi connectivity index (χ4v) is 3.33. The lowest BCUT2D eigenvalue weighted by Gasteiger charge is -2.28. The van der Waals surface area contributed by atoms with E-state index < -0.39 is 0 Å². The maximum atomic E-state index is 12.6. The molecule has 0 N–H and O–H groups in total. The first kappa shape index (κ1) is 22.7. The van der Waals surface area contributed by atoms with E-state index in [2.05, 4.69) is 55.4 Å². The van der Waals surface area contributed by atoms with Crippen LogP contribution in [0.5, 0.6) is 0 Å². The highest BCUT2D eigenvalue weighted by Gasteiger charge is 2.70. The topological polar surface area (TPSA) is 64.6 Å². The number of hydrazine groups is 2. The molecule has 2 unspecified atom stereocenters. The first-order valence-electron chi connectivity index (χ1n) is 10.3. The fourth-order valence-electron chi connectivity index (χ4n) is 3.33. The summed E-state index contributed by atoms with van der Waals surface area (Å²) in [6.45, 7) is 21.3. The molecule has 8 nitrogen and oxygen atoms in total. The lowest BCUT2D eigenvalue weighted by molar-refractivity contribution is 0.0947. The summed E-state index contributed by atoms with van der Waals surface area (Å²) in [5, 5.41) is 7.35. The molecular formula is C20H38N4O4. The molecule has 2 fully saturated rings. The Morgan fingerprint density at radius 2 is 1.04 bits per heavy atom. The van der Waals surface area contributed by atoms with Crippen molar-refractivity contribution in [3.63, 3.8) is 0 Å². The van der Waals surface area contributed by atoms with Crippen molar-refractivity contribution in [2.45, 2.75) is 93.7 Å². The van der Waals surface area contributed by atoms with Crippen molar-refractivity contribution in [1.82, 2.24) is 20.0 Å². The highest BCUT2D eigenvalue weighted by Crippen LogP contribution is 2.49. The molecule has 0 aromatic heterocycles. The summed E-state index contributed by atoms with van der Waals surface area (Å²) in [6.07, 6.45) is -1.24. The SMILES string of the molecule is CCOC(=O)N1[C@@H]([C@H]2N(C(=O)OCC)N2[C@H](C)C(C)(C)C)N1[C@H](C)C(C)(C)C. The first-order valence-corrected chi connectivity index (χ1v) is 10.3. The molecule has 2 saturated heterocycles. The van der Waals surface area contributed by atoms with Crippen LogP contribution in [0.2, 0.25) is 0 Å². The molecule has 0 aromatic carbocycles. The summed E-state index contributed by atoms with van der Waals surface area (Å²) in [5.41, 5.74) is -0.0762. The van der Waals surface area contributed by atoms with Gasteiger partial charge in [0.15, 0.2) is 12.3 Å². The average Bonchev–Trinajstić information content (AvgIpc) is 3.43. The van der Waals surface area contributed by atoms with Gasteiger partial charge in [0.05, 0.1) is 13.2 Å². The Kier molecular flexibility index (Phi) is 6.26. The largest absolute Gasteiger partial charge is 0.449 e. The minimum absolute atomic E-state index is 0.0381. The first-order chi connectivity index (χ1) is 12.8. The Morgan fingerprint density at radius 1 is 0.750 bits per heavy atom. The highest BCUT2D eigenvalue weighted by molar-refractivity contribution is 5.73. The van der Waals surface area contributed by atoms with Crippen LogP contribution in [0.15, 0.2) is 0 Å². The van der Waals surface area contributed by atoms with E-state index in [1.807, 2.05) is 10.0 Å². The van der Waals surface area contributed by atoms with E-state index in [4.69, 9.17) is 9.47 Å². The maximum Gasteiger partial charge on any atom is 0.426 e. The van der Waals surface area contributed by atoms with Crippen molar-refractivity contribution in [1.29, 1.82) is 0 Å². The Hall–Kier alpha value is -1.54. The highest BCUT2D eigenvalue weighted by atomic mass is 16.6. The number of amides is 2. The van der Waals surface area contributed by atoms with Crippen LogP contribution in [0, 0.1) is 10.8 Å². The standard InChI is InChI=1S/C20H38N4O4/c1-11-27-17(25)23-15(21(23)13(3)19(5,6)7)16-22(14(4)20(8,9)10)24(16)18(26)28-12-2/h13-16H,11-12H2,1-10H3/t13-,14-,15-,16+,21?,22?,23?,24?/m1/s1. The van der Waals surface area contributed by atoms with Gasteiger partial charge in [0.2, 0.25) is 0 Å². The Labute approximate surface area is 169 Å². The predicted molar refractivity (Wildman–Crippen MR) is 107 cm³/mol. The second-order valence-corrected chi connectivity index (χ2v) is 9.76. The molecule has 8 heteroatoms. The van der Waals surface area contributed by atoms with Crippen molar-refractivity contribution >= 4 is 12.2 Å². The van der Waals surface area contributed by atoms with Gasteiger partial charge in [-0.25, -0.2) is 19.6 Å². The van der Waals surface area contributed by atoms with Crippen molar-refractivity contribution in [2.75, 3.05) is 13.2 Å². The number of carbonyl (C=O) groups excluding carboxylic acids is 2. The van der Waals surface area contributed by atoms with Gasteiger partial charge in [0.1, 0.15) is 0 Å². The molecule has 2 aliphatic rings. The third kappa shape index (κ3) is 4.22. The van der Waals surface area contributed by atoms with Crippen LogP contribution in [0.25, 0.3) is 0 Å². The average molecular weight is 399 g/mol. The van der Waals surface area contributed by atoms with E-state index in [0.29, 0.717) is 13.2 Å². The maximum absolute atomic E-state index is 12.6. The lowest BCUT2D eigenvalue weighted by Crippen LogP contribution is -2.36. The van der Waals surface area contributed by atoms with E-state index >= 15 is 0 Å². The van der Waals surface area contributed by atoms with Crippen LogP contribution in [0.4, 0.5) is 9.59 Å². The van der Waals surface area contributed by atoms with Crippen LogP contribution in [0.3, 0.4) is 0 Å². The van der Waals surface area contributed by atoms with Crippen LogP contribution < -0.4 is 0 Å². The molecule has 0 bridgehead atoms. The molecule has 0 aliphatic carbocycles. The van der Waals surface area contributed by atoms with Gasteiger partial charge in [-0.2, -0.15) is 10.0 Å². The van der Waals surface area contributed by atoms with Gasteiger partial charge in [-0.05, 0) is 38.5 Å². The van der Waals surface area contributed by atoms with Gasteiger partial charge >= 0.3 is 12.2 Å². The molecule has 28 heavy (non-hydrogen) atoms. The molecule has 0 saturated carbocycles. The molecule has 0 radical (unpaired) electrons. The second-order valence-electron chi connectivity index (χ2n) is 9.76. The smallest absolute Gasteiger partial charge is 0.426 e. The van der Waals surface area contributed by atoms with Crippen molar-refractivity contribution in [3.05, 3.63) is 0 Å². The second kappa shape index (κ2) is 7.71. The molecule has 162 valence electrons. The Morgan fingerprint density at radius 3 is 1.25 bits per heavy atom. The number of hydrogen-bond acceptors (Lipinski definition) is 6. The monoisotopic (exact) mass is 398 g/mol. The summed E-state index contributed by atoms with van der Waals surface area (Å²) < 4.78 is 10.5. The summed E-state index contributed by atoms with van der Waals surface area (Å²) in [5.74, 6) is 0. The number of carbonyl (C=O) groups is 2. The van der Waals surface area contributed by atoms with Crippen LogP contribution in [-0.2, 0) is 9.47 Å². The van der Waals surface area contributed by atoms with Gasteiger partial charge in [-0.15, -0.1) is 0 Å². The molecule has 2 amide bonds. The molecule has 0 spiro atoms. The molecule has 2 aliphatic heterocycles. The van der Waals surface area contributed by atoms with E-state index in [1.165, 1.54) is 0 Å². The van der Waals surface area contributed by atoms with Crippen LogP contribution in [0.1, 0.15) is 69.2 Å². The van der Waals surface area contributed by atoms with Gasteiger partial charge in [0, 0.05) is 12.1 Å². The summed E-state index contributed by atoms with van der Waals surface area (Å²) in [4.78, 5) is 25.1. The summed E-state index contributed by atoms with van der Waals surface area (Å²) in [6, 6.07) is 0.191. The summed E-state index contributed by atoms with van der Waals surface area (Å²) in [7, 11) is 0. The molecule has 2 heterocycles. The molecular weight excluding hydrogens is 360 g/mol. The van der Waals surface area contributed by atoms with Gasteiger partial charge in [-0.1, -0.05) is 41.5 Å². The zero-order valence-electron chi connectivity index (χ0n) is 19.1. The van der Waals surface area contributed by atoms with E-state index in [0.717, 1.165) is 0 Å². The molecule has 0 aromatic rings. The van der Waals surface area contributed by atoms with Crippen molar-refractivity contribution < 1.29 is 19.1 Å². The molecule has 6 atom stereocenters. The third-order valence-corrected chi connectivity index (χ3v) is 5.91. The van der Waals surface area contributed by atoms with Gasteiger partial charge < -0.3 is 9.47 Å². The quantitative estimate of drug-likeness (QED) is 0.655. The number of hydrogen-bond donors (Lipinski definition) is 0. The van der Waals surface area contributed by atoms with Gasteiger partial charge in [-0.3, -0.25) is 0 Å². The third-order valence-electron chi connectivity index (χ3n) is 5.91. The Balaban J connectivity index is 2.31. The zero-order valence-corrected chi connectivity index (χ0v) is 19.1. The van der Waals surface area contributed by atoms with Crippen molar-refractivity contribution in [2.24, 2.45) is 10.8 Å². The van der Waals surface area contributed by atoms with E-state index in [9.17, 15) is 9.59 Å². The Bertz CT molecular complexity index is 546. The number of nitrogens with zero attached hydrogens (tertiary/aromatic N) is 4. The minimum atomic E-state index is -0.373. The van der Waals surface area contributed by atoms with Crippen LogP contribution >= 0.6 is 0 Å². The van der Waals surface area contributed by atoms with Crippen molar-refractivity contribution in [3.8, 4) is 0 Å². The summed E-state index contributed by atoms with van der Waals surface area (Å²) >= 11 is 0. The fraction of sp³-hybridized carbons (Fsp3) is 0.900. The zero-order chi connectivity index (χ0) is 21.6.